The monoisotopic (exact) mass is 402 g/mol. The SMILES string of the molecule is Cc1nccn1-c1cc(NCCNC(=O)c2cc(-c3ccccc3)nn2C)ncn1. The summed E-state index contributed by atoms with van der Waals surface area (Å²) < 4.78 is 3.47. The molecule has 152 valence electrons. The zero-order valence-electron chi connectivity index (χ0n) is 16.8. The minimum Gasteiger partial charge on any atom is -0.368 e. The van der Waals surface area contributed by atoms with E-state index in [-0.39, 0.29) is 5.91 Å². The zero-order valence-corrected chi connectivity index (χ0v) is 16.8. The number of rotatable bonds is 7. The minimum absolute atomic E-state index is 0.175. The number of benzene rings is 1. The molecule has 0 fully saturated rings. The fourth-order valence-corrected chi connectivity index (χ4v) is 3.08. The number of aryl methyl sites for hydroxylation is 2. The van der Waals surface area contributed by atoms with Gasteiger partial charge in [0.15, 0.2) is 0 Å². The topological polar surface area (TPSA) is 103 Å². The van der Waals surface area contributed by atoms with Gasteiger partial charge in [-0.2, -0.15) is 5.10 Å². The van der Waals surface area contributed by atoms with Crippen LogP contribution in [0, 0.1) is 6.92 Å². The van der Waals surface area contributed by atoms with Crippen LogP contribution in [0.5, 0.6) is 0 Å². The predicted molar refractivity (Wildman–Crippen MR) is 113 cm³/mol. The highest BCUT2D eigenvalue weighted by molar-refractivity contribution is 5.93. The molecule has 0 atom stereocenters. The van der Waals surface area contributed by atoms with Crippen LogP contribution < -0.4 is 10.6 Å². The lowest BCUT2D eigenvalue weighted by Crippen LogP contribution is -2.30. The Balaban J connectivity index is 1.33. The van der Waals surface area contributed by atoms with Crippen molar-refractivity contribution in [1.82, 2.24) is 34.6 Å². The van der Waals surface area contributed by atoms with E-state index in [4.69, 9.17) is 0 Å². The molecule has 0 saturated heterocycles. The van der Waals surface area contributed by atoms with Crippen LogP contribution in [0.1, 0.15) is 16.3 Å². The predicted octanol–water partition coefficient (Wildman–Crippen LogP) is 2.21. The van der Waals surface area contributed by atoms with Gasteiger partial charge in [0.25, 0.3) is 5.91 Å². The van der Waals surface area contributed by atoms with Crippen molar-refractivity contribution in [3.8, 4) is 17.1 Å². The Morgan fingerprint density at radius 2 is 1.90 bits per heavy atom. The maximum Gasteiger partial charge on any atom is 0.269 e. The van der Waals surface area contributed by atoms with Crippen LogP contribution in [0.2, 0.25) is 0 Å². The molecule has 0 saturated carbocycles. The molecular weight excluding hydrogens is 380 g/mol. The number of aromatic nitrogens is 6. The van der Waals surface area contributed by atoms with Gasteiger partial charge < -0.3 is 10.6 Å². The lowest BCUT2D eigenvalue weighted by atomic mass is 10.1. The van der Waals surface area contributed by atoms with Gasteiger partial charge in [0, 0.05) is 44.2 Å². The molecule has 9 nitrogen and oxygen atoms in total. The quantitative estimate of drug-likeness (QED) is 0.460. The molecule has 3 heterocycles. The zero-order chi connectivity index (χ0) is 20.9. The maximum absolute atomic E-state index is 12.5. The largest absolute Gasteiger partial charge is 0.368 e. The summed E-state index contributed by atoms with van der Waals surface area (Å²) in [6.45, 7) is 2.87. The number of nitrogens with zero attached hydrogens (tertiary/aromatic N) is 6. The fourth-order valence-electron chi connectivity index (χ4n) is 3.08. The number of carbonyl (C=O) groups excluding carboxylic acids is 1. The molecule has 30 heavy (non-hydrogen) atoms. The number of hydrogen-bond acceptors (Lipinski definition) is 6. The van der Waals surface area contributed by atoms with E-state index in [1.165, 1.54) is 6.33 Å². The second-order valence-corrected chi connectivity index (χ2v) is 6.69. The average molecular weight is 402 g/mol. The summed E-state index contributed by atoms with van der Waals surface area (Å²) >= 11 is 0. The number of nitrogens with one attached hydrogen (secondary N) is 2. The fraction of sp³-hybridized carbons (Fsp3) is 0.190. The summed E-state index contributed by atoms with van der Waals surface area (Å²) in [7, 11) is 1.76. The Morgan fingerprint density at radius 1 is 1.07 bits per heavy atom. The number of hydrogen-bond donors (Lipinski definition) is 2. The molecule has 4 aromatic rings. The van der Waals surface area contributed by atoms with Crippen molar-refractivity contribution >= 4 is 11.7 Å². The van der Waals surface area contributed by atoms with Crippen LogP contribution in [0.15, 0.2) is 61.2 Å². The summed E-state index contributed by atoms with van der Waals surface area (Å²) in [5.74, 6) is 2.08. The van der Waals surface area contributed by atoms with E-state index in [0.29, 0.717) is 24.6 Å². The van der Waals surface area contributed by atoms with Gasteiger partial charge in [0.1, 0.15) is 29.5 Å². The summed E-state index contributed by atoms with van der Waals surface area (Å²) in [6.07, 6.45) is 5.07. The van der Waals surface area contributed by atoms with Crippen molar-refractivity contribution in [3.05, 3.63) is 72.7 Å². The van der Waals surface area contributed by atoms with Crippen molar-refractivity contribution < 1.29 is 4.79 Å². The third-order valence-corrected chi connectivity index (χ3v) is 4.62. The Kier molecular flexibility index (Phi) is 5.51. The van der Waals surface area contributed by atoms with Crippen LogP contribution in [-0.4, -0.2) is 48.3 Å². The number of carbonyl (C=O) groups is 1. The summed E-state index contributed by atoms with van der Waals surface area (Å²) in [5.41, 5.74) is 2.25. The van der Waals surface area contributed by atoms with E-state index in [2.05, 4.69) is 30.7 Å². The molecule has 4 rings (SSSR count). The highest BCUT2D eigenvalue weighted by atomic mass is 16.2. The van der Waals surface area contributed by atoms with Crippen molar-refractivity contribution in [2.45, 2.75) is 6.92 Å². The van der Waals surface area contributed by atoms with Gasteiger partial charge in [0.05, 0.1) is 5.69 Å². The lowest BCUT2D eigenvalue weighted by Gasteiger charge is -2.09. The van der Waals surface area contributed by atoms with Crippen LogP contribution >= 0.6 is 0 Å². The Labute approximate surface area is 173 Å². The van der Waals surface area contributed by atoms with Gasteiger partial charge in [0.2, 0.25) is 0 Å². The molecule has 1 amide bonds. The molecule has 0 bridgehead atoms. The number of amides is 1. The Bertz CT molecular complexity index is 1150. The van der Waals surface area contributed by atoms with Gasteiger partial charge in [-0.3, -0.25) is 14.0 Å². The minimum atomic E-state index is -0.175. The highest BCUT2D eigenvalue weighted by Crippen LogP contribution is 2.18. The summed E-state index contributed by atoms with van der Waals surface area (Å²) in [6, 6.07) is 13.4. The van der Waals surface area contributed by atoms with Crippen molar-refractivity contribution in [1.29, 1.82) is 0 Å². The van der Waals surface area contributed by atoms with Crippen LogP contribution in [0.25, 0.3) is 17.1 Å². The summed E-state index contributed by atoms with van der Waals surface area (Å²) in [5, 5.41) is 10.5. The molecule has 0 spiro atoms. The smallest absolute Gasteiger partial charge is 0.269 e. The van der Waals surface area contributed by atoms with Crippen molar-refractivity contribution in [2.24, 2.45) is 7.05 Å². The molecule has 0 radical (unpaired) electrons. The highest BCUT2D eigenvalue weighted by Gasteiger charge is 2.13. The first-order valence-electron chi connectivity index (χ1n) is 9.56. The van der Waals surface area contributed by atoms with Crippen molar-refractivity contribution in [2.75, 3.05) is 18.4 Å². The molecule has 0 aliphatic heterocycles. The van der Waals surface area contributed by atoms with Gasteiger partial charge in [-0.1, -0.05) is 30.3 Å². The summed E-state index contributed by atoms with van der Waals surface area (Å²) in [4.78, 5) is 25.2. The number of imidazole rings is 1. The van der Waals surface area contributed by atoms with E-state index >= 15 is 0 Å². The normalized spacial score (nSPS) is 10.7. The molecular formula is C21H22N8O. The van der Waals surface area contributed by atoms with Gasteiger partial charge >= 0.3 is 0 Å². The number of anilines is 1. The van der Waals surface area contributed by atoms with Crippen LogP contribution in [0.3, 0.4) is 0 Å². The first kappa shape index (κ1) is 19.3. The van der Waals surface area contributed by atoms with Crippen LogP contribution in [0.4, 0.5) is 5.82 Å². The average Bonchev–Trinajstić information content (AvgIpc) is 3.37. The van der Waals surface area contributed by atoms with E-state index in [1.807, 2.05) is 54.1 Å². The lowest BCUT2D eigenvalue weighted by molar-refractivity contribution is 0.0946. The third-order valence-electron chi connectivity index (χ3n) is 4.62. The van der Waals surface area contributed by atoms with Gasteiger partial charge in [-0.15, -0.1) is 0 Å². The van der Waals surface area contributed by atoms with E-state index in [9.17, 15) is 4.79 Å². The molecule has 2 N–H and O–H groups in total. The first-order chi connectivity index (χ1) is 14.6. The Hall–Kier alpha value is -4.01. The molecule has 0 aliphatic rings. The standard InChI is InChI=1S/C21H22N8O/c1-15-22-10-11-29(15)20-13-19(25-14-26-20)23-8-9-24-21(30)18-12-17(27-28(18)2)16-6-4-3-5-7-16/h3-7,10-14H,8-9H2,1-2H3,(H,24,30)(H,23,25,26). The first-order valence-corrected chi connectivity index (χ1v) is 9.56. The third kappa shape index (κ3) is 4.19. The van der Waals surface area contributed by atoms with Gasteiger partial charge in [-0.05, 0) is 13.0 Å². The molecule has 0 unspecified atom stereocenters. The van der Waals surface area contributed by atoms with E-state index < -0.39 is 0 Å². The molecule has 1 aromatic carbocycles. The van der Waals surface area contributed by atoms with E-state index in [0.717, 1.165) is 22.9 Å². The molecule has 3 aromatic heterocycles. The molecule has 0 aliphatic carbocycles. The van der Waals surface area contributed by atoms with Gasteiger partial charge in [-0.25, -0.2) is 15.0 Å². The second kappa shape index (κ2) is 8.56. The Morgan fingerprint density at radius 3 is 2.67 bits per heavy atom. The van der Waals surface area contributed by atoms with E-state index in [1.54, 1.807) is 24.0 Å². The van der Waals surface area contributed by atoms with Crippen LogP contribution in [-0.2, 0) is 7.05 Å². The maximum atomic E-state index is 12.5. The second-order valence-electron chi connectivity index (χ2n) is 6.69. The van der Waals surface area contributed by atoms with Crippen molar-refractivity contribution in [3.63, 3.8) is 0 Å². The molecule has 9 heteroatoms.